The summed E-state index contributed by atoms with van der Waals surface area (Å²) in [6.45, 7) is -2.54. The van der Waals surface area contributed by atoms with Crippen LogP contribution in [-0.4, -0.2) is 456 Å². The number of aliphatic hydroxyl groups excluding tert-OH is 22. The number of rotatable bonds is 66. The van der Waals surface area contributed by atoms with E-state index in [-0.39, 0.29) is 6.42 Å². The Labute approximate surface area is 852 Å². The van der Waals surface area contributed by atoms with Gasteiger partial charge < -0.3 is 235 Å². The second kappa shape index (κ2) is 63.2. The van der Waals surface area contributed by atoms with Crippen molar-refractivity contribution in [2.45, 2.75) is 484 Å². The van der Waals surface area contributed by atoms with Crippen LogP contribution in [0, 0.1) is 0 Å². The van der Waals surface area contributed by atoms with Gasteiger partial charge in [-0.2, -0.15) is 0 Å². The SMILES string of the molecule is CCCCCCCCCCCCC/C=C/[C@@H](O)[C@H](COC1OC(CO)C(OC2OC(CO)C(OC3OC(CO)C(O)C(OC4OC(CO)C(O)C(OC5(C(=O)[O-])CC(O)C(NC(C)=O)C(C(O)C(O)CO)O5)C4O)C3NC(C)=O)C(OC3(C(=O)[O-])CC(O)C(NC(C)=O)C(C(O)C(CO)OC4(C(=O)[O-])CC(O)C(NC(C)=O)C(C(O)C(O)CO)O4)O3)C2O)C(O)C1O)NC(=O)CCCCCCCCCCCCCCCCC. The Morgan fingerprint density at radius 1 is 0.374 bits per heavy atom. The van der Waals surface area contributed by atoms with Crippen molar-refractivity contribution >= 4 is 47.4 Å². The number of aliphatic carboxylic acids is 3. The summed E-state index contributed by atoms with van der Waals surface area (Å²) in [4.78, 5) is 107. The monoisotopic (exact) mass is 2130 g/mol. The first-order valence-electron chi connectivity index (χ1n) is 51.3. The predicted octanol–water partition coefficient (Wildman–Crippen LogP) is -10.7. The summed E-state index contributed by atoms with van der Waals surface area (Å²) in [5.74, 6) is -23.4. The third-order valence-electron chi connectivity index (χ3n) is 27.5. The molecule has 0 aromatic rings. The molecule has 52 heteroatoms. The number of aliphatic hydroxyl groups is 22. The van der Waals surface area contributed by atoms with E-state index in [1.54, 1.807) is 6.08 Å². The van der Waals surface area contributed by atoms with E-state index in [1.807, 2.05) is 0 Å². The van der Waals surface area contributed by atoms with Crippen LogP contribution in [0.3, 0.4) is 0 Å². The van der Waals surface area contributed by atoms with Crippen LogP contribution < -0.4 is 41.9 Å². The highest BCUT2D eigenvalue weighted by Gasteiger charge is 2.64. The summed E-state index contributed by atoms with van der Waals surface area (Å²) in [5.41, 5.74) is 0. The largest absolute Gasteiger partial charge is 0.544 e. The van der Waals surface area contributed by atoms with Crippen LogP contribution in [-0.2, 0) is 105 Å². The zero-order chi connectivity index (χ0) is 109. The van der Waals surface area contributed by atoms with Crippen molar-refractivity contribution in [3.8, 4) is 0 Å². The van der Waals surface area contributed by atoms with E-state index in [2.05, 4.69) is 40.4 Å². The third kappa shape index (κ3) is 36.1. The average Bonchev–Trinajstić information content (AvgIpc) is 0.742. The number of carboxylic acids is 3. The van der Waals surface area contributed by atoms with Gasteiger partial charge in [0.1, 0.15) is 170 Å². The van der Waals surface area contributed by atoms with Gasteiger partial charge >= 0.3 is 0 Å². The highest BCUT2D eigenvalue weighted by molar-refractivity contribution is 5.78. The van der Waals surface area contributed by atoms with Crippen molar-refractivity contribution in [2.75, 3.05) is 52.9 Å². The fourth-order valence-electron chi connectivity index (χ4n) is 19.5. The standard InChI is InChI=1S/C95H165N5O47/c1-7-9-11-13-15-17-19-21-22-24-26-28-30-32-34-36-64(118)100-52(53(112)35-33-31-29-27-25-23-20-18-16-14-12-10-8-2)47-134-87-75(125)74(124)78(62(45-106)137-87)139-89-77(127)85(147-95(92(132)133)39-56(115)67(98-50(5)110)83(145-95)73(123)61(44-105)142-93(90(128)129)37-54(113)65(96-48(3)108)81(143-93)69(119)57(116)40-101)79(63(46-107)138-89)140-86-68(99-51(6)111)80(71(121)59(42-103)135-86)141-88-76(126)84(72(122)60(43-104)136-88)146-94(91(130)131)38-55(114)66(97-49(4)109)82(144-94)70(120)58(117)41-102/h33,35,52-63,65-89,101-107,112-117,119-127H,7-32,34,36-47H2,1-6H3,(H,96,108)(H,97,109)(H,98,110)(H,99,111)(H,100,118)(H,128,129)(H,130,131)(H,132,133)/p-3/b35-33+/t52-,53+,54?,55?,56?,57?,58?,59?,60?,61?,62?,63?,65?,66?,67?,68?,69?,70?,71?,72?,73?,74?,75?,76?,77?,78?,79?,80?,81?,82?,83?,84?,85?,86?,87?,88?,89?,93?,94?,95?/m0/s1. The van der Waals surface area contributed by atoms with E-state index < -0.39 is 363 Å². The van der Waals surface area contributed by atoms with Crippen LogP contribution in [0.2, 0.25) is 0 Å². The molecule has 27 N–H and O–H groups in total. The Morgan fingerprint density at radius 3 is 1.14 bits per heavy atom. The molecule has 7 aliphatic rings. The lowest BCUT2D eigenvalue weighted by atomic mass is 9.87. The van der Waals surface area contributed by atoms with Gasteiger partial charge in [-0.25, -0.2) is 0 Å². The van der Waals surface area contributed by atoms with Gasteiger partial charge in [0.15, 0.2) is 25.2 Å². The second-order valence-corrected chi connectivity index (χ2v) is 39.2. The molecular formula is C95H162N5O47-3. The number of carbonyl (C=O) groups excluding carboxylic acids is 8. The molecule has 38 unspecified atom stereocenters. The minimum absolute atomic E-state index is 0.0400. The fourth-order valence-corrected chi connectivity index (χ4v) is 19.5. The first kappa shape index (κ1) is 128. The molecule has 0 aliphatic carbocycles. The molecule has 0 aromatic heterocycles. The number of carbonyl (C=O) groups is 8. The van der Waals surface area contributed by atoms with Gasteiger partial charge in [0.25, 0.3) is 0 Å². The van der Waals surface area contributed by atoms with Gasteiger partial charge in [-0.3, -0.25) is 24.0 Å². The average molecular weight is 2130 g/mol. The highest BCUT2D eigenvalue weighted by atomic mass is 16.8. The van der Waals surface area contributed by atoms with Crippen molar-refractivity contribution in [1.29, 1.82) is 0 Å². The van der Waals surface area contributed by atoms with Crippen molar-refractivity contribution in [3.05, 3.63) is 12.2 Å². The molecule has 52 nitrogen and oxygen atoms in total. The molecule has 7 rings (SSSR count). The number of carboxylic acid groups (broad SMARTS) is 3. The Bertz CT molecular complexity index is 3920. The van der Waals surface area contributed by atoms with Gasteiger partial charge in [0, 0.05) is 53.4 Å². The van der Waals surface area contributed by atoms with Crippen LogP contribution >= 0.6 is 0 Å². The highest BCUT2D eigenvalue weighted by Crippen LogP contribution is 2.45. The number of allylic oxidation sites excluding steroid dienone is 1. The summed E-state index contributed by atoms with van der Waals surface area (Å²) >= 11 is 0. The maximum absolute atomic E-state index is 14.5. The normalized spacial score (nSPS) is 35.5. The van der Waals surface area contributed by atoms with Crippen LogP contribution in [0.4, 0.5) is 0 Å². The van der Waals surface area contributed by atoms with Crippen molar-refractivity contribution in [1.82, 2.24) is 26.6 Å². The summed E-state index contributed by atoms with van der Waals surface area (Å²) in [6.07, 6.45) is -49.5. The molecule has 7 aliphatic heterocycles. The number of ether oxygens (including phenoxy) is 14. The third-order valence-corrected chi connectivity index (χ3v) is 27.5. The van der Waals surface area contributed by atoms with E-state index >= 15 is 0 Å². The Kier molecular flexibility index (Phi) is 55.0. The molecule has 40 atom stereocenters. The van der Waals surface area contributed by atoms with Gasteiger partial charge in [0.05, 0.1) is 101 Å². The van der Waals surface area contributed by atoms with Crippen LogP contribution in [0.15, 0.2) is 12.2 Å². The first-order valence-corrected chi connectivity index (χ1v) is 51.3. The van der Waals surface area contributed by atoms with Gasteiger partial charge in [-0.15, -0.1) is 0 Å². The minimum Gasteiger partial charge on any atom is -0.544 e. The maximum Gasteiger partial charge on any atom is 0.220 e. The predicted molar refractivity (Wildman–Crippen MR) is 493 cm³/mol. The summed E-state index contributed by atoms with van der Waals surface area (Å²) in [7, 11) is 0. The van der Waals surface area contributed by atoms with E-state index in [0.717, 1.165) is 111 Å². The molecule has 0 saturated carbocycles. The molecule has 7 fully saturated rings. The van der Waals surface area contributed by atoms with E-state index in [0.29, 0.717) is 12.8 Å². The smallest absolute Gasteiger partial charge is 0.220 e. The molecule has 7 heterocycles. The van der Waals surface area contributed by atoms with Gasteiger partial charge in [-0.05, 0) is 19.3 Å². The number of hydrogen-bond donors (Lipinski definition) is 27. The summed E-state index contributed by atoms with van der Waals surface area (Å²) in [5, 5.41) is 306. The maximum atomic E-state index is 14.5. The van der Waals surface area contributed by atoms with E-state index in [4.69, 9.17) is 66.3 Å². The lowest BCUT2D eigenvalue weighted by molar-refractivity contribution is -0.424. The van der Waals surface area contributed by atoms with Gasteiger partial charge in [-0.1, -0.05) is 180 Å². The quantitative estimate of drug-likeness (QED) is 0.0199. The molecule has 0 aromatic carbocycles. The Morgan fingerprint density at radius 2 is 0.721 bits per heavy atom. The molecule has 0 spiro atoms. The van der Waals surface area contributed by atoms with Crippen LogP contribution in [0.1, 0.15) is 241 Å². The van der Waals surface area contributed by atoms with Crippen LogP contribution in [0.25, 0.3) is 0 Å². The van der Waals surface area contributed by atoms with Gasteiger partial charge in [0.2, 0.25) is 46.9 Å². The molecule has 0 radical (unpaired) electrons. The Hall–Kier alpha value is -5.94. The van der Waals surface area contributed by atoms with Crippen molar-refractivity contribution in [2.24, 2.45) is 0 Å². The lowest BCUT2D eigenvalue weighted by Crippen LogP contribution is -2.74. The topological polar surface area (TPSA) is 840 Å². The molecule has 7 saturated heterocycles. The zero-order valence-electron chi connectivity index (χ0n) is 84.1. The second-order valence-electron chi connectivity index (χ2n) is 39.2. The first-order chi connectivity index (χ1) is 69.9. The van der Waals surface area contributed by atoms with Crippen LogP contribution in [0.5, 0.6) is 0 Å². The number of unbranched alkanes of at least 4 members (excludes halogenated alkanes) is 25. The molecule has 5 amide bonds. The molecule has 147 heavy (non-hydrogen) atoms. The molecule has 852 valence electrons. The zero-order valence-corrected chi connectivity index (χ0v) is 84.1. The minimum atomic E-state index is -3.94. The lowest BCUT2D eigenvalue weighted by Gasteiger charge is -2.54. The van der Waals surface area contributed by atoms with E-state index in [9.17, 15) is 166 Å². The number of amides is 5. The number of hydrogen-bond acceptors (Lipinski definition) is 47. The van der Waals surface area contributed by atoms with Crippen molar-refractivity contribution in [3.63, 3.8) is 0 Å². The fraction of sp³-hybridized carbons (Fsp3) is 0.895. The summed E-state index contributed by atoms with van der Waals surface area (Å²) < 4.78 is 84.0. The van der Waals surface area contributed by atoms with E-state index in [1.165, 1.54) is 83.1 Å². The molecular weight excluding hydrogens is 1960 g/mol. The van der Waals surface area contributed by atoms with Crippen molar-refractivity contribution < 1.29 is 232 Å². The summed E-state index contributed by atoms with van der Waals surface area (Å²) in [6, 6.07) is -9.53. The molecule has 0 bridgehead atoms. The Balaban J connectivity index is 1.26. The number of nitrogens with one attached hydrogen (secondary N) is 5.